The normalized spacial score (nSPS) is 10.6. The number of hydrogen-bond acceptors (Lipinski definition) is 3. The van der Waals surface area contributed by atoms with Gasteiger partial charge in [0, 0.05) is 23.5 Å². The lowest BCUT2D eigenvalue weighted by molar-refractivity contribution is 0.0805. The molecule has 0 aliphatic rings. The number of aryl methyl sites for hydroxylation is 1. The van der Waals surface area contributed by atoms with E-state index in [0.717, 1.165) is 0 Å². The number of alkyl halides is 2. The van der Waals surface area contributed by atoms with Crippen LogP contribution in [-0.2, 0) is 6.61 Å². The molecule has 5 heteroatoms. The van der Waals surface area contributed by atoms with Gasteiger partial charge in [-0.3, -0.25) is 4.98 Å². The van der Waals surface area contributed by atoms with Crippen molar-refractivity contribution in [1.29, 1.82) is 0 Å². The Kier molecular flexibility index (Phi) is 3.76. The largest absolute Gasteiger partial charge is 0.487 e. The van der Waals surface area contributed by atoms with Crippen LogP contribution in [0.3, 0.4) is 0 Å². The van der Waals surface area contributed by atoms with Gasteiger partial charge in [0.25, 0.3) is 6.43 Å². The van der Waals surface area contributed by atoms with E-state index in [2.05, 4.69) is 4.98 Å². The number of halogens is 2. The summed E-state index contributed by atoms with van der Waals surface area (Å²) in [4.78, 5) is 3.91. The van der Waals surface area contributed by atoms with Crippen LogP contribution in [-0.4, -0.2) is 23.1 Å². The second-order valence-corrected chi connectivity index (χ2v) is 2.79. The molecular formula is C9H11F2NO2. The van der Waals surface area contributed by atoms with Gasteiger partial charge < -0.3 is 9.84 Å². The number of nitrogens with zero attached hydrogens (tertiary/aromatic N) is 1. The van der Waals surface area contributed by atoms with Crippen molar-refractivity contribution in [3.63, 3.8) is 0 Å². The van der Waals surface area contributed by atoms with E-state index in [1.807, 2.05) is 0 Å². The van der Waals surface area contributed by atoms with Crippen LogP contribution >= 0.6 is 0 Å². The minimum atomic E-state index is -2.52. The van der Waals surface area contributed by atoms with Gasteiger partial charge in [0.1, 0.15) is 12.4 Å². The summed E-state index contributed by atoms with van der Waals surface area (Å²) < 4.78 is 28.5. The maximum absolute atomic E-state index is 11.9. The summed E-state index contributed by atoms with van der Waals surface area (Å²) in [5.74, 6) is 0.264. The van der Waals surface area contributed by atoms with E-state index in [1.165, 1.54) is 12.3 Å². The quantitative estimate of drug-likeness (QED) is 0.806. The van der Waals surface area contributed by atoms with Crippen molar-refractivity contribution >= 4 is 0 Å². The smallest absolute Gasteiger partial charge is 0.272 e. The summed E-state index contributed by atoms with van der Waals surface area (Å²) in [7, 11) is 0. The molecule has 78 valence electrons. The van der Waals surface area contributed by atoms with E-state index in [9.17, 15) is 8.78 Å². The third-order valence-corrected chi connectivity index (χ3v) is 1.62. The monoisotopic (exact) mass is 203 g/mol. The third kappa shape index (κ3) is 2.92. The van der Waals surface area contributed by atoms with Gasteiger partial charge in [0.05, 0.1) is 6.61 Å². The lowest BCUT2D eigenvalue weighted by Crippen LogP contribution is -2.09. The third-order valence-electron chi connectivity index (χ3n) is 1.62. The minimum Gasteiger partial charge on any atom is -0.487 e. The molecule has 0 aromatic carbocycles. The van der Waals surface area contributed by atoms with Crippen molar-refractivity contribution in [3.05, 3.63) is 23.5 Å². The van der Waals surface area contributed by atoms with Crippen LogP contribution < -0.4 is 4.74 Å². The van der Waals surface area contributed by atoms with E-state index < -0.39 is 13.0 Å². The van der Waals surface area contributed by atoms with E-state index >= 15 is 0 Å². The Hall–Kier alpha value is -1.23. The van der Waals surface area contributed by atoms with Crippen LogP contribution in [0, 0.1) is 6.92 Å². The molecular weight excluding hydrogens is 192 g/mol. The van der Waals surface area contributed by atoms with Gasteiger partial charge >= 0.3 is 0 Å². The van der Waals surface area contributed by atoms with E-state index in [0.29, 0.717) is 11.3 Å². The summed E-state index contributed by atoms with van der Waals surface area (Å²) in [6.07, 6.45) is -1.11. The molecule has 1 heterocycles. The second kappa shape index (κ2) is 4.85. The number of pyridine rings is 1. The lowest BCUT2D eigenvalue weighted by Gasteiger charge is -2.09. The Balaban J connectivity index is 2.77. The SMILES string of the molecule is Cc1cc(OCC(F)F)c(CO)cn1. The first-order chi connectivity index (χ1) is 6.63. The molecule has 0 fully saturated rings. The van der Waals surface area contributed by atoms with Crippen molar-refractivity contribution in [2.75, 3.05) is 6.61 Å². The first-order valence-corrected chi connectivity index (χ1v) is 4.11. The van der Waals surface area contributed by atoms with Gasteiger partial charge in [-0.1, -0.05) is 0 Å². The number of ether oxygens (including phenoxy) is 1. The molecule has 0 aliphatic heterocycles. The number of rotatable bonds is 4. The first kappa shape index (κ1) is 10.8. The molecule has 1 N–H and O–H groups in total. The van der Waals surface area contributed by atoms with Gasteiger partial charge in [-0.25, -0.2) is 8.78 Å². The maximum atomic E-state index is 11.9. The van der Waals surface area contributed by atoms with Crippen LogP contribution in [0.5, 0.6) is 5.75 Å². The Morgan fingerprint density at radius 1 is 1.57 bits per heavy atom. The zero-order valence-electron chi connectivity index (χ0n) is 7.70. The molecule has 0 radical (unpaired) electrons. The number of aromatic nitrogens is 1. The topological polar surface area (TPSA) is 42.4 Å². The molecule has 1 rings (SSSR count). The van der Waals surface area contributed by atoms with Gasteiger partial charge in [-0.2, -0.15) is 0 Å². The number of aliphatic hydroxyl groups excluding tert-OH is 1. The predicted molar refractivity (Wildman–Crippen MR) is 46.4 cm³/mol. The van der Waals surface area contributed by atoms with Crippen LogP contribution in [0.1, 0.15) is 11.3 Å². The second-order valence-electron chi connectivity index (χ2n) is 2.79. The molecule has 1 aromatic rings. The Morgan fingerprint density at radius 2 is 2.29 bits per heavy atom. The highest BCUT2D eigenvalue weighted by Crippen LogP contribution is 2.18. The van der Waals surface area contributed by atoms with Crippen LogP contribution in [0.25, 0.3) is 0 Å². The predicted octanol–water partition coefficient (Wildman–Crippen LogP) is 1.53. The zero-order chi connectivity index (χ0) is 10.6. The molecule has 0 saturated carbocycles. The molecule has 0 amide bonds. The molecule has 0 atom stereocenters. The fourth-order valence-electron chi connectivity index (χ4n) is 0.969. The molecule has 1 aromatic heterocycles. The summed E-state index contributed by atoms with van der Waals surface area (Å²) in [6.45, 7) is 0.776. The summed E-state index contributed by atoms with van der Waals surface area (Å²) >= 11 is 0. The van der Waals surface area contributed by atoms with Crippen LogP contribution in [0.4, 0.5) is 8.78 Å². The zero-order valence-corrected chi connectivity index (χ0v) is 7.70. The lowest BCUT2D eigenvalue weighted by atomic mass is 10.2. The highest BCUT2D eigenvalue weighted by atomic mass is 19.3. The van der Waals surface area contributed by atoms with Crippen molar-refractivity contribution in [3.8, 4) is 5.75 Å². The van der Waals surface area contributed by atoms with Crippen LogP contribution in [0.2, 0.25) is 0 Å². The Morgan fingerprint density at radius 3 is 2.86 bits per heavy atom. The van der Waals surface area contributed by atoms with E-state index in [1.54, 1.807) is 6.92 Å². The number of aliphatic hydroxyl groups is 1. The fourth-order valence-corrected chi connectivity index (χ4v) is 0.969. The Labute approximate surface area is 80.3 Å². The maximum Gasteiger partial charge on any atom is 0.272 e. The standard InChI is InChI=1S/C9H11F2NO2/c1-6-2-8(14-5-9(10)11)7(4-13)3-12-6/h2-3,9,13H,4-5H2,1H3. The summed E-state index contributed by atoms with van der Waals surface area (Å²) in [6, 6.07) is 1.52. The highest BCUT2D eigenvalue weighted by Gasteiger charge is 2.07. The summed E-state index contributed by atoms with van der Waals surface area (Å²) in [5.41, 5.74) is 1.07. The fraction of sp³-hybridized carbons (Fsp3) is 0.444. The van der Waals surface area contributed by atoms with Crippen molar-refractivity contribution in [1.82, 2.24) is 4.98 Å². The van der Waals surface area contributed by atoms with Gasteiger partial charge in [0.15, 0.2) is 0 Å². The molecule has 3 nitrogen and oxygen atoms in total. The minimum absolute atomic E-state index is 0.264. The molecule has 0 spiro atoms. The van der Waals surface area contributed by atoms with E-state index in [4.69, 9.17) is 9.84 Å². The van der Waals surface area contributed by atoms with Gasteiger partial charge in [-0.05, 0) is 6.92 Å². The number of hydrogen-bond donors (Lipinski definition) is 1. The van der Waals surface area contributed by atoms with Crippen molar-refractivity contribution in [2.24, 2.45) is 0 Å². The molecule has 0 saturated heterocycles. The Bertz CT molecular complexity index is 305. The molecule has 0 aliphatic carbocycles. The van der Waals surface area contributed by atoms with Gasteiger partial charge in [-0.15, -0.1) is 0 Å². The molecule has 14 heavy (non-hydrogen) atoms. The molecule has 0 unspecified atom stereocenters. The first-order valence-electron chi connectivity index (χ1n) is 4.11. The average Bonchev–Trinajstić information content (AvgIpc) is 2.15. The van der Waals surface area contributed by atoms with E-state index in [-0.39, 0.29) is 12.4 Å². The summed E-state index contributed by atoms with van der Waals surface area (Å²) in [5, 5.41) is 8.87. The average molecular weight is 203 g/mol. The highest BCUT2D eigenvalue weighted by molar-refractivity contribution is 5.32. The molecule has 0 bridgehead atoms. The van der Waals surface area contributed by atoms with Gasteiger partial charge in [0.2, 0.25) is 0 Å². The van der Waals surface area contributed by atoms with Crippen molar-refractivity contribution < 1.29 is 18.6 Å². The van der Waals surface area contributed by atoms with Crippen LogP contribution in [0.15, 0.2) is 12.3 Å². The van der Waals surface area contributed by atoms with Crippen molar-refractivity contribution in [2.45, 2.75) is 20.0 Å².